The zero-order chi connectivity index (χ0) is 17.2. The highest BCUT2D eigenvalue weighted by atomic mass is 16.4. The lowest BCUT2D eigenvalue weighted by atomic mass is 9.89. The van der Waals surface area contributed by atoms with Gasteiger partial charge in [-0.1, -0.05) is 38.5 Å². The van der Waals surface area contributed by atoms with Crippen LogP contribution in [0, 0.1) is 6.92 Å². The van der Waals surface area contributed by atoms with Crippen LogP contribution >= 0.6 is 0 Å². The van der Waals surface area contributed by atoms with E-state index in [4.69, 9.17) is 5.11 Å². The summed E-state index contributed by atoms with van der Waals surface area (Å²) in [5, 5.41) is 15.6. The van der Waals surface area contributed by atoms with Gasteiger partial charge in [-0.2, -0.15) is 5.10 Å². The number of amides is 1. The Morgan fingerprint density at radius 3 is 2.35 bits per heavy atom. The molecule has 23 heavy (non-hydrogen) atoms. The molecule has 1 amide bonds. The molecule has 2 rings (SSSR count). The molecular formula is C17H21N3O3. The van der Waals surface area contributed by atoms with E-state index in [0.717, 1.165) is 11.3 Å². The third kappa shape index (κ3) is 3.97. The summed E-state index contributed by atoms with van der Waals surface area (Å²) in [5.41, 5.74) is 2.65. The van der Waals surface area contributed by atoms with Crippen LogP contribution in [0.4, 0.5) is 0 Å². The smallest absolute Gasteiger partial charge is 0.322 e. The van der Waals surface area contributed by atoms with Gasteiger partial charge in [-0.15, -0.1) is 0 Å². The standard InChI is InChI=1S/C17H21N3O3/c1-11-5-7-12(8-6-11)20-10-13(15(19-20)17(2,3)4)16(23)18-9-14(21)22/h5-8,10H,9H2,1-4H3,(H,18,23)(H,21,22). The number of rotatable bonds is 4. The first-order valence-corrected chi connectivity index (χ1v) is 7.35. The van der Waals surface area contributed by atoms with Crippen molar-refractivity contribution in [2.75, 3.05) is 6.54 Å². The highest BCUT2D eigenvalue weighted by Gasteiger charge is 2.26. The lowest BCUT2D eigenvalue weighted by Gasteiger charge is -2.17. The number of carboxylic acids is 1. The second-order valence-corrected chi connectivity index (χ2v) is 6.50. The van der Waals surface area contributed by atoms with Gasteiger partial charge >= 0.3 is 5.97 Å². The van der Waals surface area contributed by atoms with Crippen LogP contribution in [0.15, 0.2) is 30.5 Å². The van der Waals surface area contributed by atoms with Crippen molar-refractivity contribution in [1.29, 1.82) is 0 Å². The van der Waals surface area contributed by atoms with Crippen molar-refractivity contribution in [1.82, 2.24) is 15.1 Å². The van der Waals surface area contributed by atoms with Crippen molar-refractivity contribution in [3.8, 4) is 5.69 Å². The molecule has 0 saturated carbocycles. The van der Waals surface area contributed by atoms with Gasteiger partial charge in [0, 0.05) is 11.6 Å². The number of nitrogens with zero attached hydrogens (tertiary/aromatic N) is 2. The predicted octanol–water partition coefficient (Wildman–Crippen LogP) is 2.29. The topological polar surface area (TPSA) is 84.2 Å². The molecule has 6 nitrogen and oxygen atoms in total. The van der Waals surface area contributed by atoms with E-state index < -0.39 is 18.4 Å². The molecular weight excluding hydrogens is 294 g/mol. The summed E-state index contributed by atoms with van der Waals surface area (Å²) >= 11 is 0. The van der Waals surface area contributed by atoms with E-state index in [2.05, 4.69) is 10.4 Å². The molecule has 1 aromatic carbocycles. The fraction of sp³-hybridized carbons (Fsp3) is 0.353. The van der Waals surface area contributed by atoms with Crippen molar-refractivity contribution >= 4 is 11.9 Å². The van der Waals surface area contributed by atoms with Crippen LogP contribution in [0.3, 0.4) is 0 Å². The van der Waals surface area contributed by atoms with E-state index in [0.29, 0.717) is 11.3 Å². The molecule has 0 bridgehead atoms. The number of carbonyl (C=O) groups excluding carboxylic acids is 1. The number of carbonyl (C=O) groups is 2. The Bertz CT molecular complexity index is 725. The van der Waals surface area contributed by atoms with Gasteiger partial charge in [0.15, 0.2) is 0 Å². The molecule has 0 aliphatic rings. The Kier molecular flexibility index (Phi) is 4.54. The maximum Gasteiger partial charge on any atom is 0.322 e. The van der Waals surface area contributed by atoms with E-state index >= 15 is 0 Å². The third-order valence-electron chi connectivity index (χ3n) is 3.37. The van der Waals surface area contributed by atoms with Crippen LogP contribution in [0.2, 0.25) is 0 Å². The second kappa shape index (κ2) is 6.24. The lowest BCUT2D eigenvalue weighted by molar-refractivity contribution is -0.135. The largest absolute Gasteiger partial charge is 0.480 e. The number of benzene rings is 1. The molecule has 1 aromatic heterocycles. The monoisotopic (exact) mass is 315 g/mol. The maximum absolute atomic E-state index is 12.3. The SMILES string of the molecule is Cc1ccc(-n2cc(C(=O)NCC(=O)O)c(C(C)(C)C)n2)cc1. The van der Waals surface area contributed by atoms with Crippen molar-refractivity contribution in [2.24, 2.45) is 0 Å². The average Bonchev–Trinajstić information content (AvgIpc) is 2.91. The van der Waals surface area contributed by atoms with Gasteiger partial charge in [0.05, 0.1) is 16.9 Å². The second-order valence-electron chi connectivity index (χ2n) is 6.50. The van der Waals surface area contributed by atoms with Crippen LogP contribution in [0.5, 0.6) is 0 Å². The molecule has 0 spiro atoms. The Balaban J connectivity index is 2.42. The lowest BCUT2D eigenvalue weighted by Crippen LogP contribution is -2.31. The van der Waals surface area contributed by atoms with Gasteiger partial charge in [0.2, 0.25) is 0 Å². The summed E-state index contributed by atoms with van der Waals surface area (Å²) in [6.45, 7) is 7.46. The van der Waals surface area contributed by atoms with Gasteiger partial charge in [-0.05, 0) is 19.1 Å². The van der Waals surface area contributed by atoms with E-state index in [9.17, 15) is 9.59 Å². The molecule has 0 fully saturated rings. The minimum atomic E-state index is -1.08. The Morgan fingerprint density at radius 1 is 1.22 bits per heavy atom. The third-order valence-corrected chi connectivity index (χ3v) is 3.37. The summed E-state index contributed by atoms with van der Waals surface area (Å²) in [5.74, 6) is -1.52. The molecule has 1 heterocycles. The van der Waals surface area contributed by atoms with Crippen LogP contribution in [-0.4, -0.2) is 33.3 Å². The van der Waals surface area contributed by atoms with Crippen LogP contribution in [0.25, 0.3) is 5.69 Å². The van der Waals surface area contributed by atoms with Gasteiger partial charge < -0.3 is 10.4 Å². The van der Waals surface area contributed by atoms with Gasteiger partial charge in [-0.3, -0.25) is 9.59 Å². The van der Waals surface area contributed by atoms with E-state index in [-0.39, 0.29) is 5.41 Å². The number of aryl methyl sites for hydroxylation is 1. The number of hydrogen-bond donors (Lipinski definition) is 2. The van der Waals surface area contributed by atoms with E-state index in [1.165, 1.54) is 0 Å². The van der Waals surface area contributed by atoms with E-state index in [1.54, 1.807) is 10.9 Å². The Hall–Kier alpha value is -2.63. The summed E-state index contributed by atoms with van der Waals surface area (Å²) < 4.78 is 1.65. The first-order chi connectivity index (χ1) is 10.7. The van der Waals surface area contributed by atoms with Crippen molar-refractivity contribution < 1.29 is 14.7 Å². The van der Waals surface area contributed by atoms with Gasteiger partial charge in [0.1, 0.15) is 6.54 Å². The zero-order valence-corrected chi connectivity index (χ0v) is 13.8. The minimum absolute atomic E-state index is 0.341. The maximum atomic E-state index is 12.3. The number of carboxylic acid groups (broad SMARTS) is 1. The molecule has 6 heteroatoms. The number of nitrogens with one attached hydrogen (secondary N) is 1. The van der Waals surface area contributed by atoms with Crippen molar-refractivity contribution in [3.63, 3.8) is 0 Å². The summed E-state index contributed by atoms with van der Waals surface area (Å²) in [6, 6.07) is 7.79. The first kappa shape index (κ1) is 16.7. The normalized spacial score (nSPS) is 11.3. The summed E-state index contributed by atoms with van der Waals surface area (Å²) in [6.07, 6.45) is 1.64. The van der Waals surface area contributed by atoms with E-state index in [1.807, 2.05) is 52.0 Å². The molecule has 0 atom stereocenters. The molecule has 0 saturated heterocycles. The minimum Gasteiger partial charge on any atom is -0.480 e. The molecule has 0 unspecified atom stereocenters. The average molecular weight is 315 g/mol. The number of aromatic nitrogens is 2. The Labute approximate surface area is 135 Å². The zero-order valence-electron chi connectivity index (χ0n) is 13.8. The number of aliphatic carboxylic acids is 1. The van der Waals surface area contributed by atoms with Crippen molar-refractivity contribution in [3.05, 3.63) is 47.3 Å². The predicted molar refractivity (Wildman–Crippen MR) is 87.0 cm³/mol. The van der Waals surface area contributed by atoms with Crippen LogP contribution in [0.1, 0.15) is 42.4 Å². The Morgan fingerprint density at radius 2 is 1.83 bits per heavy atom. The van der Waals surface area contributed by atoms with Crippen LogP contribution < -0.4 is 5.32 Å². The number of hydrogen-bond acceptors (Lipinski definition) is 3. The molecule has 122 valence electrons. The van der Waals surface area contributed by atoms with Crippen LogP contribution in [-0.2, 0) is 10.2 Å². The fourth-order valence-corrected chi connectivity index (χ4v) is 2.17. The van der Waals surface area contributed by atoms with Gasteiger partial charge in [0.25, 0.3) is 5.91 Å². The van der Waals surface area contributed by atoms with Gasteiger partial charge in [-0.25, -0.2) is 4.68 Å². The van der Waals surface area contributed by atoms with Crippen molar-refractivity contribution in [2.45, 2.75) is 33.1 Å². The highest BCUT2D eigenvalue weighted by Crippen LogP contribution is 2.25. The molecule has 0 aliphatic heterocycles. The summed E-state index contributed by atoms with van der Waals surface area (Å²) in [4.78, 5) is 22.9. The molecule has 2 N–H and O–H groups in total. The molecule has 0 radical (unpaired) electrons. The quantitative estimate of drug-likeness (QED) is 0.906. The fourth-order valence-electron chi connectivity index (χ4n) is 2.17. The highest BCUT2D eigenvalue weighted by molar-refractivity contribution is 5.97. The first-order valence-electron chi connectivity index (χ1n) is 7.35. The summed E-state index contributed by atoms with van der Waals surface area (Å²) in [7, 11) is 0. The molecule has 0 aliphatic carbocycles. The molecule has 2 aromatic rings.